The van der Waals surface area contributed by atoms with Gasteiger partial charge in [-0.15, -0.1) is 0 Å². The smallest absolute Gasteiger partial charge is 0.276 e. The lowest BCUT2D eigenvalue weighted by atomic mass is 10.4. The van der Waals surface area contributed by atoms with Crippen molar-refractivity contribution in [1.29, 1.82) is 0 Å². The normalized spacial score (nSPS) is 12.2. The van der Waals surface area contributed by atoms with Crippen molar-refractivity contribution in [3.05, 3.63) is 17.9 Å². The van der Waals surface area contributed by atoms with Crippen LogP contribution in [-0.4, -0.2) is 46.1 Å². The van der Waals surface area contributed by atoms with E-state index in [-0.39, 0.29) is 5.09 Å². The molecule has 1 aromatic rings. The molecule has 6 nitrogen and oxygen atoms in total. The van der Waals surface area contributed by atoms with Crippen LogP contribution in [0.2, 0.25) is 0 Å². The number of sulfonamides is 1. The molecule has 0 amide bonds. The zero-order valence-electron chi connectivity index (χ0n) is 12.4. The molecular formula is C13H24N2O4S. The molecule has 0 aromatic carbocycles. The molecule has 0 aliphatic rings. The zero-order chi connectivity index (χ0) is 15.0. The Hall–Kier alpha value is -0.890. The van der Waals surface area contributed by atoms with Crippen LogP contribution in [0.25, 0.3) is 0 Å². The van der Waals surface area contributed by atoms with E-state index in [0.717, 1.165) is 6.42 Å². The van der Waals surface area contributed by atoms with Crippen LogP contribution in [0.1, 0.15) is 26.0 Å². The first kappa shape index (κ1) is 17.2. The molecule has 0 aliphatic carbocycles. The number of hydrogen-bond donors (Lipinski definition) is 1. The molecule has 0 bridgehead atoms. The third kappa shape index (κ3) is 4.59. The van der Waals surface area contributed by atoms with E-state index in [4.69, 9.17) is 9.15 Å². The quantitative estimate of drug-likeness (QED) is 0.662. The number of ether oxygens (including phenoxy) is 1. The lowest BCUT2D eigenvalue weighted by Gasteiger charge is -2.17. The Morgan fingerprint density at radius 3 is 2.70 bits per heavy atom. The first-order valence-corrected chi connectivity index (χ1v) is 8.28. The minimum atomic E-state index is -3.51. The van der Waals surface area contributed by atoms with E-state index in [2.05, 4.69) is 5.32 Å². The third-order valence-electron chi connectivity index (χ3n) is 2.84. The van der Waals surface area contributed by atoms with Crippen LogP contribution in [0.4, 0.5) is 0 Å². The molecule has 1 aromatic heterocycles. The number of hydrogen-bond acceptors (Lipinski definition) is 5. The van der Waals surface area contributed by atoms with Crippen molar-refractivity contribution >= 4 is 10.0 Å². The van der Waals surface area contributed by atoms with Gasteiger partial charge in [0.05, 0.1) is 13.2 Å². The van der Waals surface area contributed by atoms with E-state index in [0.29, 0.717) is 38.5 Å². The van der Waals surface area contributed by atoms with Crippen molar-refractivity contribution in [1.82, 2.24) is 9.62 Å². The van der Waals surface area contributed by atoms with Crippen LogP contribution in [0.15, 0.2) is 21.6 Å². The maximum atomic E-state index is 12.3. The monoisotopic (exact) mass is 304 g/mol. The molecule has 1 N–H and O–H groups in total. The van der Waals surface area contributed by atoms with Crippen molar-refractivity contribution in [3.8, 4) is 0 Å². The third-order valence-corrected chi connectivity index (χ3v) is 4.69. The van der Waals surface area contributed by atoms with Crippen LogP contribution < -0.4 is 5.32 Å². The van der Waals surface area contributed by atoms with Crippen LogP contribution in [0.5, 0.6) is 0 Å². The maximum absolute atomic E-state index is 12.3. The summed E-state index contributed by atoms with van der Waals surface area (Å²) in [5, 5.41) is 3.12. The highest BCUT2D eigenvalue weighted by atomic mass is 32.2. The average Bonchev–Trinajstić information content (AvgIpc) is 2.90. The van der Waals surface area contributed by atoms with Crippen LogP contribution in [0.3, 0.4) is 0 Å². The van der Waals surface area contributed by atoms with Gasteiger partial charge in [0.1, 0.15) is 5.76 Å². The van der Waals surface area contributed by atoms with E-state index in [1.165, 1.54) is 10.4 Å². The molecule has 0 atom stereocenters. The molecule has 0 radical (unpaired) electrons. The number of rotatable bonds is 10. The summed E-state index contributed by atoms with van der Waals surface area (Å²) in [6.07, 6.45) is 0.777. The Balaban J connectivity index is 2.69. The van der Waals surface area contributed by atoms with Crippen molar-refractivity contribution in [2.75, 3.05) is 33.4 Å². The number of furan rings is 1. The molecule has 0 saturated carbocycles. The van der Waals surface area contributed by atoms with Gasteiger partial charge in [-0.3, -0.25) is 0 Å². The highest BCUT2D eigenvalue weighted by Crippen LogP contribution is 2.19. The Morgan fingerprint density at radius 1 is 1.35 bits per heavy atom. The predicted molar refractivity (Wildman–Crippen MR) is 77.0 cm³/mol. The van der Waals surface area contributed by atoms with Gasteiger partial charge in [-0.25, -0.2) is 8.42 Å². The first-order chi connectivity index (χ1) is 9.56. The van der Waals surface area contributed by atoms with E-state index in [9.17, 15) is 8.42 Å². The second-order valence-electron chi connectivity index (χ2n) is 4.39. The van der Waals surface area contributed by atoms with Crippen molar-refractivity contribution in [3.63, 3.8) is 0 Å². The van der Waals surface area contributed by atoms with E-state index < -0.39 is 10.0 Å². The highest BCUT2D eigenvalue weighted by molar-refractivity contribution is 7.89. The number of nitrogens with zero attached hydrogens (tertiary/aromatic N) is 1. The molecule has 20 heavy (non-hydrogen) atoms. The molecular weight excluding hydrogens is 280 g/mol. The van der Waals surface area contributed by atoms with Crippen molar-refractivity contribution < 1.29 is 17.6 Å². The Morgan fingerprint density at radius 2 is 2.10 bits per heavy atom. The van der Waals surface area contributed by atoms with Crippen molar-refractivity contribution in [2.45, 2.75) is 31.9 Å². The topological polar surface area (TPSA) is 71.8 Å². The van der Waals surface area contributed by atoms with Crippen LogP contribution in [-0.2, 0) is 21.3 Å². The van der Waals surface area contributed by atoms with Gasteiger partial charge in [-0.1, -0.05) is 13.8 Å². The minimum Gasteiger partial charge on any atom is -0.447 e. The maximum Gasteiger partial charge on any atom is 0.276 e. The molecule has 7 heteroatoms. The molecule has 1 heterocycles. The van der Waals surface area contributed by atoms with Gasteiger partial charge in [0.2, 0.25) is 5.09 Å². The van der Waals surface area contributed by atoms with Crippen LogP contribution >= 0.6 is 0 Å². The summed E-state index contributed by atoms with van der Waals surface area (Å²) < 4.78 is 36.4. The standard InChI is InChI=1S/C13H24N2O4S/c1-4-9-15(5-2)20(16,17)13-7-6-12(19-13)11-14-8-10-18-3/h6-7,14H,4-5,8-11H2,1-3H3. The molecule has 116 valence electrons. The number of nitrogens with one attached hydrogen (secondary N) is 1. The highest BCUT2D eigenvalue weighted by Gasteiger charge is 2.25. The van der Waals surface area contributed by atoms with E-state index in [1.54, 1.807) is 13.2 Å². The largest absolute Gasteiger partial charge is 0.447 e. The van der Waals surface area contributed by atoms with E-state index >= 15 is 0 Å². The summed E-state index contributed by atoms with van der Waals surface area (Å²) in [6, 6.07) is 3.20. The lowest BCUT2D eigenvalue weighted by molar-refractivity contribution is 0.198. The summed E-state index contributed by atoms with van der Waals surface area (Å²) in [4.78, 5) is 0. The van der Waals surface area contributed by atoms with Gasteiger partial charge in [0, 0.05) is 26.7 Å². The Bertz CT molecular complexity index is 484. The summed E-state index contributed by atoms with van der Waals surface area (Å²) >= 11 is 0. The SMILES string of the molecule is CCCN(CC)S(=O)(=O)c1ccc(CNCCOC)o1. The summed E-state index contributed by atoms with van der Waals surface area (Å²) in [7, 11) is -1.88. The lowest BCUT2D eigenvalue weighted by Crippen LogP contribution is -2.31. The molecule has 0 fully saturated rings. The second-order valence-corrected chi connectivity index (χ2v) is 6.26. The van der Waals surface area contributed by atoms with Gasteiger partial charge in [-0.05, 0) is 18.6 Å². The predicted octanol–water partition coefficient (Wildman–Crippen LogP) is 1.44. The molecule has 0 aliphatic heterocycles. The van der Waals surface area contributed by atoms with Gasteiger partial charge in [-0.2, -0.15) is 4.31 Å². The first-order valence-electron chi connectivity index (χ1n) is 6.84. The van der Waals surface area contributed by atoms with Crippen LogP contribution in [0, 0.1) is 0 Å². The van der Waals surface area contributed by atoms with Crippen molar-refractivity contribution in [2.24, 2.45) is 0 Å². The summed E-state index contributed by atoms with van der Waals surface area (Å²) in [6.45, 7) is 6.50. The zero-order valence-corrected chi connectivity index (χ0v) is 13.2. The summed E-state index contributed by atoms with van der Waals surface area (Å²) in [5.41, 5.74) is 0. The Labute approximate surface area is 121 Å². The fourth-order valence-electron chi connectivity index (χ4n) is 1.80. The molecule has 0 unspecified atom stereocenters. The van der Waals surface area contributed by atoms with Gasteiger partial charge in [0.15, 0.2) is 0 Å². The fourth-order valence-corrected chi connectivity index (χ4v) is 3.27. The Kier molecular flexibility index (Phi) is 7.22. The second kappa shape index (κ2) is 8.41. The molecule has 1 rings (SSSR count). The fraction of sp³-hybridized carbons (Fsp3) is 0.692. The molecule has 0 saturated heterocycles. The van der Waals surface area contributed by atoms with Gasteiger partial charge in [0.25, 0.3) is 10.0 Å². The van der Waals surface area contributed by atoms with Gasteiger partial charge < -0.3 is 14.5 Å². The summed E-state index contributed by atoms with van der Waals surface area (Å²) in [5.74, 6) is 0.604. The molecule has 0 spiro atoms. The average molecular weight is 304 g/mol. The van der Waals surface area contributed by atoms with Gasteiger partial charge >= 0.3 is 0 Å². The van der Waals surface area contributed by atoms with E-state index in [1.807, 2.05) is 13.8 Å². The number of methoxy groups -OCH3 is 1. The minimum absolute atomic E-state index is 0.0105.